The molecular weight excluding hydrogens is 258 g/mol. The van der Waals surface area contributed by atoms with Crippen LogP contribution < -0.4 is 4.89 Å². The largest absolute Gasteiger partial charge is 0.481 e. The highest BCUT2D eigenvalue weighted by Crippen LogP contribution is 2.00. The Morgan fingerprint density at radius 1 is 1.28 bits per heavy atom. The van der Waals surface area contributed by atoms with Crippen molar-refractivity contribution >= 4 is 16.0 Å². The lowest BCUT2D eigenvalue weighted by atomic mass is 10.2. The highest BCUT2D eigenvalue weighted by Gasteiger charge is 2.11. The smallest absolute Gasteiger partial charge is 0.303 e. The second-order valence-electron chi connectivity index (χ2n) is 3.67. The fraction of sp³-hybridized carbons (Fsp3) is 0.364. The van der Waals surface area contributed by atoms with Crippen molar-refractivity contribution in [1.82, 2.24) is 4.89 Å². The first-order valence-corrected chi connectivity index (χ1v) is 7.02. The normalized spacial score (nSPS) is 11.3. The van der Waals surface area contributed by atoms with Crippen LogP contribution in [0.3, 0.4) is 0 Å². The van der Waals surface area contributed by atoms with Crippen LogP contribution in [-0.2, 0) is 26.3 Å². The Balaban J connectivity index is 2.27. The van der Waals surface area contributed by atoms with Gasteiger partial charge >= 0.3 is 5.97 Å². The Labute approximate surface area is 106 Å². The predicted octanol–water partition coefficient (Wildman–Crippen LogP) is 0.902. The average molecular weight is 273 g/mol. The van der Waals surface area contributed by atoms with E-state index in [4.69, 9.17) is 9.94 Å². The van der Waals surface area contributed by atoms with Crippen molar-refractivity contribution in [2.75, 3.05) is 5.75 Å². The zero-order chi connectivity index (χ0) is 13.4. The molecule has 0 amide bonds. The molecular formula is C11H15NO5S. The number of sulfonamides is 1. The molecule has 0 spiro atoms. The van der Waals surface area contributed by atoms with Gasteiger partial charge in [0.25, 0.3) is 0 Å². The highest BCUT2D eigenvalue weighted by molar-refractivity contribution is 7.89. The lowest BCUT2D eigenvalue weighted by Crippen LogP contribution is -2.26. The van der Waals surface area contributed by atoms with E-state index in [9.17, 15) is 13.2 Å². The van der Waals surface area contributed by atoms with E-state index in [1.54, 1.807) is 12.1 Å². The molecule has 0 aliphatic heterocycles. The van der Waals surface area contributed by atoms with Gasteiger partial charge < -0.3 is 5.11 Å². The van der Waals surface area contributed by atoms with Gasteiger partial charge in [-0.2, -0.15) is 0 Å². The van der Waals surface area contributed by atoms with Crippen LogP contribution in [0, 0.1) is 0 Å². The summed E-state index contributed by atoms with van der Waals surface area (Å²) in [7, 11) is -3.58. The highest BCUT2D eigenvalue weighted by atomic mass is 32.2. The molecule has 100 valence electrons. The summed E-state index contributed by atoms with van der Waals surface area (Å²) in [5.74, 6) is -1.29. The summed E-state index contributed by atoms with van der Waals surface area (Å²) in [5, 5.41) is 8.39. The molecule has 0 unspecified atom stereocenters. The van der Waals surface area contributed by atoms with Gasteiger partial charge in [0, 0.05) is 6.42 Å². The number of benzene rings is 1. The molecule has 6 nitrogen and oxygen atoms in total. The summed E-state index contributed by atoms with van der Waals surface area (Å²) in [6.07, 6.45) is -0.126. The maximum absolute atomic E-state index is 11.4. The van der Waals surface area contributed by atoms with Crippen LogP contribution in [0.15, 0.2) is 30.3 Å². The number of hydrogen-bond acceptors (Lipinski definition) is 4. The standard InChI is InChI=1S/C11H15NO5S/c13-11(14)7-4-8-18(15,16)12-17-9-10-5-2-1-3-6-10/h1-3,5-6,12H,4,7-9H2,(H,13,14). The lowest BCUT2D eigenvalue weighted by Gasteiger charge is -2.06. The van der Waals surface area contributed by atoms with Crippen LogP contribution in [-0.4, -0.2) is 25.2 Å². The number of carboxylic acids is 1. The van der Waals surface area contributed by atoms with Gasteiger partial charge in [-0.1, -0.05) is 35.2 Å². The van der Waals surface area contributed by atoms with Crippen LogP contribution >= 0.6 is 0 Å². The zero-order valence-corrected chi connectivity index (χ0v) is 10.5. The minimum absolute atomic E-state index is 0.0549. The SMILES string of the molecule is O=C(O)CCCS(=O)(=O)NOCc1ccccc1. The fourth-order valence-electron chi connectivity index (χ4n) is 1.23. The van der Waals surface area contributed by atoms with Crippen LogP contribution in [0.1, 0.15) is 18.4 Å². The van der Waals surface area contributed by atoms with Gasteiger partial charge in [-0.25, -0.2) is 8.42 Å². The molecule has 0 aliphatic carbocycles. The lowest BCUT2D eigenvalue weighted by molar-refractivity contribution is -0.137. The average Bonchev–Trinajstić information content (AvgIpc) is 2.29. The predicted molar refractivity (Wildman–Crippen MR) is 65.0 cm³/mol. The molecule has 0 fully saturated rings. The Morgan fingerprint density at radius 2 is 1.94 bits per heavy atom. The quantitative estimate of drug-likeness (QED) is 0.686. The van der Waals surface area contributed by atoms with Gasteiger partial charge in [0.2, 0.25) is 10.0 Å². The Bertz CT molecular complexity index is 471. The summed E-state index contributed by atoms with van der Waals surface area (Å²) in [6, 6.07) is 9.09. The molecule has 0 atom stereocenters. The summed E-state index contributed by atoms with van der Waals surface area (Å²) < 4.78 is 22.7. The van der Waals surface area contributed by atoms with Gasteiger partial charge in [-0.05, 0) is 12.0 Å². The van der Waals surface area contributed by atoms with Crippen molar-refractivity contribution in [3.8, 4) is 0 Å². The van der Waals surface area contributed by atoms with Crippen LogP contribution in [0.2, 0.25) is 0 Å². The van der Waals surface area contributed by atoms with Gasteiger partial charge in [-0.3, -0.25) is 9.63 Å². The second-order valence-corrected chi connectivity index (χ2v) is 5.48. The van der Waals surface area contributed by atoms with Crippen LogP contribution in [0.4, 0.5) is 0 Å². The molecule has 0 bridgehead atoms. The maximum atomic E-state index is 11.4. The minimum atomic E-state index is -3.58. The van der Waals surface area contributed by atoms with E-state index in [0.717, 1.165) is 5.56 Å². The topological polar surface area (TPSA) is 92.7 Å². The van der Waals surface area contributed by atoms with Crippen molar-refractivity contribution in [3.05, 3.63) is 35.9 Å². The molecule has 1 rings (SSSR count). The summed E-state index contributed by atoms with van der Waals surface area (Å²) in [6.45, 7) is 0.124. The molecule has 0 aliphatic rings. The number of nitrogens with one attached hydrogen (secondary N) is 1. The van der Waals surface area contributed by atoms with Gasteiger partial charge in [0.15, 0.2) is 0 Å². The van der Waals surface area contributed by atoms with Gasteiger partial charge in [0.1, 0.15) is 0 Å². The minimum Gasteiger partial charge on any atom is -0.481 e. The number of carboxylic acid groups (broad SMARTS) is 1. The molecule has 0 saturated carbocycles. The van der Waals surface area contributed by atoms with E-state index in [0.29, 0.717) is 0 Å². The summed E-state index contributed by atoms with van der Waals surface area (Å²) in [5.41, 5.74) is 0.839. The van der Waals surface area contributed by atoms with E-state index in [2.05, 4.69) is 0 Å². The van der Waals surface area contributed by atoms with Gasteiger partial charge in [0.05, 0.1) is 12.4 Å². The third-order valence-corrected chi connectivity index (χ3v) is 3.27. The van der Waals surface area contributed by atoms with Crippen molar-refractivity contribution < 1.29 is 23.2 Å². The summed E-state index contributed by atoms with van der Waals surface area (Å²) >= 11 is 0. The van der Waals surface area contributed by atoms with E-state index in [-0.39, 0.29) is 25.2 Å². The number of rotatable bonds is 8. The monoisotopic (exact) mass is 273 g/mol. The third kappa shape index (κ3) is 6.33. The molecule has 0 aromatic heterocycles. The molecule has 7 heteroatoms. The third-order valence-electron chi connectivity index (χ3n) is 2.07. The number of aliphatic carboxylic acids is 1. The molecule has 1 aromatic rings. The van der Waals surface area contributed by atoms with Crippen molar-refractivity contribution in [2.45, 2.75) is 19.4 Å². The first-order chi connectivity index (χ1) is 8.49. The fourth-order valence-corrected chi connectivity index (χ4v) is 2.08. The van der Waals surface area contributed by atoms with Crippen LogP contribution in [0.25, 0.3) is 0 Å². The summed E-state index contributed by atoms with van der Waals surface area (Å²) in [4.78, 5) is 17.1. The first kappa shape index (κ1) is 14.6. The van der Waals surface area contributed by atoms with Crippen molar-refractivity contribution in [1.29, 1.82) is 0 Å². The van der Waals surface area contributed by atoms with Crippen molar-refractivity contribution in [3.63, 3.8) is 0 Å². The van der Waals surface area contributed by atoms with E-state index < -0.39 is 16.0 Å². The molecule has 1 aromatic carbocycles. The molecule has 0 heterocycles. The Kier molecular flexibility index (Phi) is 5.76. The van der Waals surface area contributed by atoms with E-state index in [1.165, 1.54) is 0 Å². The molecule has 18 heavy (non-hydrogen) atoms. The van der Waals surface area contributed by atoms with E-state index >= 15 is 0 Å². The molecule has 0 radical (unpaired) electrons. The van der Waals surface area contributed by atoms with E-state index in [1.807, 2.05) is 23.1 Å². The van der Waals surface area contributed by atoms with Crippen molar-refractivity contribution in [2.24, 2.45) is 0 Å². The maximum Gasteiger partial charge on any atom is 0.303 e. The molecule has 2 N–H and O–H groups in total. The van der Waals surface area contributed by atoms with Crippen LogP contribution in [0.5, 0.6) is 0 Å². The zero-order valence-electron chi connectivity index (χ0n) is 9.70. The first-order valence-electron chi connectivity index (χ1n) is 5.36. The second kappa shape index (κ2) is 7.10. The van der Waals surface area contributed by atoms with Gasteiger partial charge in [-0.15, -0.1) is 0 Å². The Hall–Kier alpha value is -1.44. The Morgan fingerprint density at radius 3 is 2.56 bits per heavy atom. The number of carbonyl (C=O) groups is 1. The number of hydrogen-bond donors (Lipinski definition) is 2. The molecule has 0 saturated heterocycles.